The molecule has 0 aliphatic carbocycles. The molecule has 166 valence electrons. The van der Waals surface area contributed by atoms with Crippen LogP contribution in [0.25, 0.3) is 0 Å². The highest BCUT2D eigenvalue weighted by Crippen LogP contribution is 2.33. The summed E-state index contributed by atoms with van der Waals surface area (Å²) in [6, 6.07) is 3.69. The Kier molecular flexibility index (Phi) is 5.59. The lowest BCUT2D eigenvalue weighted by Gasteiger charge is -2.40. The molecule has 0 radical (unpaired) electrons. The van der Waals surface area contributed by atoms with E-state index in [-0.39, 0.29) is 24.5 Å². The van der Waals surface area contributed by atoms with Crippen molar-refractivity contribution >= 4 is 17.4 Å². The van der Waals surface area contributed by atoms with Gasteiger partial charge in [0.2, 0.25) is 0 Å². The summed E-state index contributed by atoms with van der Waals surface area (Å²) in [5.74, 6) is -1.48. The summed E-state index contributed by atoms with van der Waals surface area (Å²) < 4.78 is 57.7. The smallest absolute Gasteiger partial charge is 0.416 e. The molecule has 1 saturated heterocycles. The minimum atomic E-state index is -4.68. The molecule has 4 rings (SSSR count). The zero-order chi connectivity index (χ0) is 22.9. The number of nitrogens with one attached hydrogen (secondary N) is 1. The third-order valence-corrected chi connectivity index (χ3v) is 4.58. The van der Waals surface area contributed by atoms with Crippen molar-refractivity contribution in [3.8, 4) is 5.75 Å². The van der Waals surface area contributed by atoms with E-state index in [9.17, 15) is 22.4 Å². The van der Waals surface area contributed by atoms with Gasteiger partial charge in [-0.2, -0.15) is 23.4 Å². The van der Waals surface area contributed by atoms with Crippen LogP contribution in [0.2, 0.25) is 0 Å². The molecule has 1 aliphatic heterocycles. The molecule has 2 aromatic heterocycles. The second-order valence-electron chi connectivity index (χ2n) is 7.09. The second kappa shape index (κ2) is 8.36. The van der Waals surface area contributed by atoms with E-state index in [1.807, 2.05) is 0 Å². The molecule has 1 amide bonds. The van der Waals surface area contributed by atoms with Crippen molar-refractivity contribution in [2.45, 2.75) is 19.2 Å². The SMILES string of the molecule is Cc1cc(NC(=O)c2nccnc2N2CC(Oc3cc(F)cc(C(F)(F)F)c3)C2)cnn1. The van der Waals surface area contributed by atoms with Gasteiger partial charge in [-0.1, -0.05) is 0 Å². The molecule has 0 saturated carbocycles. The molecule has 1 aromatic carbocycles. The van der Waals surface area contributed by atoms with Crippen LogP contribution in [0.3, 0.4) is 0 Å². The van der Waals surface area contributed by atoms with Gasteiger partial charge in [0.25, 0.3) is 5.91 Å². The van der Waals surface area contributed by atoms with E-state index < -0.39 is 29.6 Å². The standard InChI is InChI=1S/C20H16F4N6O2/c1-11-4-14(8-27-29-11)28-19(31)17-18(26-3-2-25-17)30-9-16(10-30)32-15-6-12(20(22,23)24)5-13(21)7-15/h2-8,16H,9-10H2,1H3,(H,28,29,31). The molecule has 1 fully saturated rings. The molecule has 8 nitrogen and oxygen atoms in total. The van der Waals surface area contributed by atoms with E-state index in [0.717, 1.165) is 12.1 Å². The molecule has 0 atom stereocenters. The van der Waals surface area contributed by atoms with Crippen LogP contribution in [-0.2, 0) is 6.18 Å². The molecule has 1 N–H and O–H groups in total. The number of nitrogens with zero attached hydrogens (tertiary/aromatic N) is 5. The number of carbonyl (C=O) groups excluding carboxylic acids is 1. The summed E-state index contributed by atoms with van der Waals surface area (Å²) in [7, 11) is 0. The van der Waals surface area contributed by atoms with Crippen molar-refractivity contribution in [3.63, 3.8) is 0 Å². The van der Waals surface area contributed by atoms with Gasteiger partial charge in [0.1, 0.15) is 17.7 Å². The van der Waals surface area contributed by atoms with Gasteiger partial charge in [-0.25, -0.2) is 14.4 Å². The number of halogens is 4. The molecule has 0 bridgehead atoms. The molecular weight excluding hydrogens is 432 g/mol. The lowest BCUT2D eigenvalue weighted by molar-refractivity contribution is -0.137. The van der Waals surface area contributed by atoms with Crippen molar-refractivity contribution in [2.24, 2.45) is 0 Å². The van der Waals surface area contributed by atoms with Crippen LogP contribution in [0.5, 0.6) is 5.75 Å². The third-order valence-electron chi connectivity index (χ3n) is 4.58. The van der Waals surface area contributed by atoms with Crippen LogP contribution in [0.1, 0.15) is 21.7 Å². The molecule has 1 aliphatic rings. The maximum atomic E-state index is 13.6. The Bertz CT molecular complexity index is 1150. The highest BCUT2D eigenvalue weighted by Gasteiger charge is 2.35. The molecule has 32 heavy (non-hydrogen) atoms. The number of hydrogen-bond acceptors (Lipinski definition) is 7. The first-order valence-corrected chi connectivity index (χ1v) is 9.40. The van der Waals surface area contributed by atoms with Crippen molar-refractivity contribution in [3.05, 3.63) is 65.6 Å². The molecular formula is C20H16F4N6O2. The van der Waals surface area contributed by atoms with Crippen molar-refractivity contribution < 1.29 is 27.1 Å². The van der Waals surface area contributed by atoms with Crippen LogP contribution in [0, 0.1) is 12.7 Å². The van der Waals surface area contributed by atoms with Gasteiger partial charge in [-0.05, 0) is 25.1 Å². The van der Waals surface area contributed by atoms with E-state index in [1.54, 1.807) is 17.9 Å². The van der Waals surface area contributed by atoms with Gasteiger partial charge < -0.3 is 15.0 Å². The van der Waals surface area contributed by atoms with Gasteiger partial charge in [0.15, 0.2) is 11.5 Å². The number of aromatic nitrogens is 4. The number of rotatable bonds is 5. The lowest BCUT2D eigenvalue weighted by atomic mass is 10.1. The fraction of sp³-hybridized carbons (Fsp3) is 0.250. The number of anilines is 2. The summed E-state index contributed by atoms with van der Waals surface area (Å²) in [6.45, 7) is 2.19. The predicted molar refractivity (Wildman–Crippen MR) is 105 cm³/mol. The first kappa shape index (κ1) is 21.4. The number of hydrogen-bond donors (Lipinski definition) is 1. The van der Waals surface area contributed by atoms with Gasteiger partial charge in [0, 0.05) is 18.5 Å². The Morgan fingerprint density at radius 3 is 2.62 bits per heavy atom. The molecule has 3 aromatic rings. The number of ether oxygens (including phenoxy) is 1. The Morgan fingerprint density at radius 1 is 1.16 bits per heavy atom. The maximum absolute atomic E-state index is 13.6. The van der Waals surface area contributed by atoms with Gasteiger partial charge >= 0.3 is 6.18 Å². The van der Waals surface area contributed by atoms with Crippen molar-refractivity contribution in [2.75, 3.05) is 23.3 Å². The monoisotopic (exact) mass is 448 g/mol. The number of aryl methyl sites for hydroxylation is 1. The summed E-state index contributed by atoms with van der Waals surface area (Å²) in [4.78, 5) is 22.6. The Hall–Kier alpha value is -3.83. The molecule has 12 heteroatoms. The topological polar surface area (TPSA) is 93.1 Å². The van der Waals surface area contributed by atoms with Crippen LogP contribution < -0.4 is 15.0 Å². The van der Waals surface area contributed by atoms with E-state index in [1.165, 1.54) is 18.6 Å². The minimum absolute atomic E-state index is 0.0607. The zero-order valence-corrected chi connectivity index (χ0v) is 16.6. The number of benzene rings is 1. The maximum Gasteiger partial charge on any atom is 0.416 e. The average molecular weight is 448 g/mol. The van der Waals surface area contributed by atoms with E-state index in [4.69, 9.17) is 4.74 Å². The highest BCUT2D eigenvalue weighted by molar-refractivity contribution is 6.06. The normalized spacial score (nSPS) is 14.1. The fourth-order valence-corrected chi connectivity index (χ4v) is 3.13. The van der Waals surface area contributed by atoms with E-state index in [0.29, 0.717) is 23.3 Å². The highest BCUT2D eigenvalue weighted by atomic mass is 19.4. The van der Waals surface area contributed by atoms with E-state index in [2.05, 4.69) is 25.5 Å². The van der Waals surface area contributed by atoms with Crippen LogP contribution in [0.15, 0.2) is 42.9 Å². The average Bonchev–Trinajstić information content (AvgIpc) is 2.69. The fourth-order valence-electron chi connectivity index (χ4n) is 3.13. The Labute approximate surface area is 179 Å². The molecule has 3 heterocycles. The van der Waals surface area contributed by atoms with Crippen molar-refractivity contribution in [1.29, 1.82) is 0 Å². The molecule has 0 spiro atoms. The minimum Gasteiger partial charge on any atom is -0.487 e. The van der Waals surface area contributed by atoms with E-state index >= 15 is 0 Å². The summed E-state index contributed by atoms with van der Waals surface area (Å²) >= 11 is 0. The Morgan fingerprint density at radius 2 is 1.91 bits per heavy atom. The second-order valence-corrected chi connectivity index (χ2v) is 7.09. The summed E-state index contributed by atoms with van der Waals surface area (Å²) in [5, 5.41) is 10.3. The van der Waals surface area contributed by atoms with Gasteiger partial charge in [-0.15, -0.1) is 0 Å². The lowest BCUT2D eigenvalue weighted by Crippen LogP contribution is -2.54. The largest absolute Gasteiger partial charge is 0.487 e. The summed E-state index contributed by atoms with van der Waals surface area (Å²) in [5.41, 5.74) is -0.00522. The predicted octanol–water partition coefficient (Wildman–Crippen LogP) is 3.25. The van der Waals surface area contributed by atoms with Gasteiger partial charge in [-0.3, -0.25) is 4.79 Å². The third kappa shape index (κ3) is 4.74. The summed E-state index contributed by atoms with van der Waals surface area (Å²) in [6.07, 6.45) is -1.02. The Balaban J connectivity index is 1.43. The number of carbonyl (C=O) groups is 1. The van der Waals surface area contributed by atoms with Crippen LogP contribution in [-0.4, -0.2) is 45.3 Å². The number of alkyl halides is 3. The van der Waals surface area contributed by atoms with Crippen molar-refractivity contribution in [1.82, 2.24) is 20.2 Å². The van der Waals surface area contributed by atoms with Crippen LogP contribution >= 0.6 is 0 Å². The quantitative estimate of drug-likeness (QED) is 0.599. The van der Waals surface area contributed by atoms with Crippen LogP contribution in [0.4, 0.5) is 29.1 Å². The number of amides is 1. The first-order chi connectivity index (χ1) is 15.2. The first-order valence-electron chi connectivity index (χ1n) is 9.40. The van der Waals surface area contributed by atoms with Gasteiger partial charge in [0.05, 0.1) is 36.2 Å². The zero-order valence-electron chi connectivity index (χ0n) is 16.6. The molecule has 0 unspecified atom stereocenters.